The summed E-state index contributed by atoms with van der Waals surface area (Å²) >= 11 is 0. The van der Waals surface area contributed by atoms with Crippen molar-refractivity contribution in [1.29, 1.82) is 0 Å². The van der Waals surface area contributed by atoms with Crippen LogP contribution in [0.25, 0.3) is 0 Å². The lowest BCUT2D eigenvalue weighted by Crippen LogP contribution is -2.19. The molecule has 0 spiro atoms. The topological polar surface area (TPSA) is 29.3 Å². The zero-order valence-electron chi connectivity index (χ0n) is 9.01. The normalized spacial score (nSPS) is 16.3. The van der Waals surface area contributed by atoms with Gasteiger partial charge in [-0.1, -0.05) is 6.07 Å². The first-order valence-electron chi connectivity index (χ1n) is 5.28. The number of anilines is 2. The predicted molar refractivity (Wildman–Crippen MR) is 61.8 cm³/mol. The van der Waals surface area contributed by atoms with E-state index in [-0.39, 0.29) is 0 Å². The Morgan fingerprint density at radius 2 is 2.07 bits per heavy atom. The Morgan fingerprint density at radius 1 is 1.29 bits per heavy atom. The zero-order valence-corrected chi connectivity index (χ0v) is 9.01. The van der Waals surface area contributed by atoms with Gasteiger partial charge in [-0.25, -0.2) is 0 Å². The number of nitrogen functional groups attached to an aromatic ring is 1. The standard InChI is InChI=1S/C12H18N2/c1-9-7-10-5-3-4-6-14(2)12(10)11(13)8-9/h7-8H,3-6,13H2,1-2H3. The van der Waals surface area contributed by atoms with Crippen LogP contribution in [0, 0.1) is 6.92 Å². The number of fused-ring (bicyclic) bond motifs is 1. The molecular weight excluding hydrogens is 172 g/mol. The third kappa shape index (κ3) is 1.57. The van der Waals surface area contributed by atoms with E-state index in [2.05, 4.69) is 31.0 Å². The zero-order chi connectivity index (χ0) is 10.1. The van der Waals surface area contributed by atoms with Crippen molar-refractivity contribution in [2.24, 2.45) is 0 Å². The molecule has 0 bridgehead atoms. The van der Waals surface area contributed by atoms with E-state index in [1.165, 1.54) is 36.1 Å². The van der Waals surface area contributed by atoms with Crippen molar-refractivity contribution in [1.82, 2.24) is 0 Å². The van der Waals surface area contributed by atoms with Crippen molar-refractivity contribution < 1.29 is 0 Å². The molecule has 0 saturated carbocycles. The van der Waals surface area contributed by atoms with Crippen LogP contribution < -0.4 is 10.6 Å². The van der Waals surface area contributed by atoms with Gasteiger partial charge >= 0.3 is 0 Å². The Kier molecular flexibility index (Phi) is 2.36. The highest BCUT2D eigenvalue weighted by atomic mass is 15.1. The molecular formula is C12H18N2. The van der Waals surface area contributed by atoms with Crippen LogP contribution in [0.4, 0.5) is 11.4 Å². The van der Waals surface area contributed by atoms with Crippen molar-refractivity contribution in [2.45, 2.75) is 26.2 Å². The molecule has 1 aliphatic rings. The van der Waals surface area contributed by atoms with E-state index < -0.39 is 0 Å². The number of hydrogen-bond acceptors (Lipinski definition) is 2. The molecule has 2 nitrogen and oxygen atoms in total. The number of aryl methyl sites for hydroxylation is 2. The van der Waals surface area contributed by atoms with Gasteiger partial charge < -0.3 is 10.6 Å². The fraction of sp³-hybridized carbons (Fsp3) is 0.500. The number of rotatable bonds is 0. The van der Waals surface area contributed by atoms with E-state index in [4.69, 9.17) is 5.73 Å². The van der Waals surface area contributed by atoms with E-state index in [0.717, 1.165) is 12.2 Å². The second-order valence-corrected chi connectivity index (χ2v) is 4.24. The summed E-state index contributed by atoms with van der Waals surface area (Å²) in [6.07, 6.45) is 3.72. The van der Waals surface area contributed by atoms with Crippen LogP contribution in [0.3, 0.4) is 0 Å². The summed E-state index contributed by atoms with van der Waals surface area (Å²) in [5, 5.41) is 0. The van der Waals surface area contributed by atoms with Gasteiger partial charge in [-0.15, -0.1) is 0 Å². The molecule has 0 aromatic heterocycles. The fourth-order valence-corrected chi connectivity index (χ4v) is 2.32. The molecule has 1 aromatic carbocycles. The van der Waals surface area contributed by atoms with E-state index in [1.807, 2.05) is 0 Å². The third-order valence-corrected chi connectivity index (χ3v) is 2.93. The van der Waals surface area contributed by atoms with E-state index in [0.29, 0.717) is 0 Å². The average Bonchev–Trinajstić information content (AvgIpc) is 2.27. The molecule has 2 heteroatoms. The van der Waals surface area contributed by atoms with E-state index in [1.54, 1.807) is 0 Å². The van der Waals surface area contributed by atoms with Crippen LogP contribution in [-0.2, 0) is 6.42 Å². The van der Waals surface area contributed by atoms with Crippen molar-refractivity contribution in [3.63, 3.8) is 0 Å². The van der Waals surface area contributed by atoms with E-state index in [9.17, 15) is 0 Å². The molecule has 0 fully saturated rings. The number of nitrogens with two attached hydrogens (primary N) is 1. The van der Waals surface area contributed by atoms with Gasteiger partial charge in [-0.2, -0.15) is 0 Å². The van der Waals surface area contributed by atoms with Crippen LogP contribution in [0.15, 0.2) is 12.1 Å². The molecule has 1 aromatic rings. The Labute approximate surface area is 85.7 Å². The predicted octanol–water partition coefficient (Wildman–Crippen LogP) is 2.35. The van der Waals surface area contributed by atoms with Gasteiger partial charge in [0.1, 0.15) is 0 Å². The van der Waals surface area contributed by atoms with Crippen LogP contribution >= 0.6 is 0 Å². The third-order valence-electron chi connectivity index (χ3n) is 2.93. The first-order chi connectivity index (χ1) is 6.68. The summed E-state index contributed by atoms with van der Waals surface area (Å²) in [7, 11) is 2.13. The summed E-state index contributed by atoms with van der Waals surface area (Å²) in [4.78, 5) is 2.29. The van der Waals surface area contributed by atoms with Gasteiger partial charge in [0.2, 0.25) is 0 Å². The van der Waals surface area contributed by atoms with Crippen molar-refractivity contribution in [2.75, 3.05) is 24.2 Å². The van der Waals surface area contributed by atoms with Gasteiger partial charge in [0.15, 0.2) is 0 Å². The first-order valence-corrected chi connectivity index (χ1v) is 5.28. The van der Waals surface area contributed by atoms with Crippen LogP contribution in [0.1, 0.15) is 24.0 Å². The van der Waals surface area contributed by atoms with Gasteiger partial charge in [0.05, 0.1) is 11.4 Å². The molecule has 1 heterocycles. The Bertz CT molecular complexity index is 344. The fourth-order valence-electron chi connectivity index (χ4n) is 2.32. The molecule has 0 saturated heterocycles. The maximum Gasteiger partial charge on any atom is 0.0630 e. The number of benzene rings is 1. The number of nitrogens with zero attached hydrogens (tertiary/aromatic N) is 1. The molecule has 1 aliphatic heterocycles. The van der Waals surface area contributed by atoms with Gasteiger partial charge in [0, 0.05) is 13.6 Å². The van der Waals surface area contributed by atoms with Crippen molar-refractivity contribution in [3.8, 4) is 0 Å². The number of hydrogen-bond donors (Lipinski definition) is 1. The monoisotopic (exact) mass is 190 g/mol. The van der Waals surface area contributed by atoms with Crippen molar-refractivity contribution >= 4 is 11.4 Å². The highest BCUT2D eigenvalue weighted by Crippen LogP contribution is 2.32. The molecule has 0 atom stereocenters. The van der Waals surface area contributed by atoms with Crippen LogP contribution in [-0.4, -0.2) is 13.6 Å². The first kappa shape index (κ1) is 9.38. The highest BCUT2D eigenvalue weighted by molar-refractivity contribution is 5.72. The van der Waals surface area contributed by atoms with Gasteiger partial charge in [-0.05, 0) is 43.4 Å². The largest absolute Gasteiger partial charge is 0.397 e. The molecule has 76 valence electrons. The second-order valence-electron chi connectivity index (χ2n) is 4.24. The molecule has 0 aliphatic carbocycles. The Balaban J connectivity index is 2.53. The lowest BCUT2D eigenvalue weighted by molar-refractivity contribution is 0.750. The Hall–Kier alpha value is -1.18. The molecule has 0 radical (unpaired) electrons. The molecule has 14 heavy (non-hydrogen) atoms. The summed E-state index contributed by atoms with van der Waals surface area (Å²) in [6.45, 7) is 3.24. The minimum atomic E-state index is 0.935. The van der Waals surface area contributed by atoms with E-state index >= 15 is 0 Å². The molecule has 2 N–H and O–H groups in total. The molecule has 2 rings (SSSR count). The van der Waals surface area contributed by atoms with Gasteiger partial charge in [-0.3, -0.25) is 0 Å². The minimum absolute atomic E-state index is 0.935. The smallest absolute Gasteiger partial charge is 0.0630 e. The highest BCUT2D eigenvalue weighted by Gasteiger charge is 2.14. The van der Waals surface area contributed by atoms with Gasteiger partial charge in [0.25, 0.3) is 0 Å². The lowest BCUT2D eigenvalue weighted by Gasteiger charge is -2.21. The molecule has 0 amide bonds. The van der Waals surface area contributed by atoms with Crippen LogP contribution in [0.2, 0.25) is 0 Å². The maximum atomic E-state index is 6.06. The second kappa shape index (κ2) is 3.52. The summed E-state index contributed by atoms with van der Waals surface area (Å²) < 4.78 is 0. The lowest BCUT2D eigenvalue weighted by atomic mass is 10.0. The van der Waals surface area contributed by atoms with Crippen LogP contribution in [0.5, 0.6) is 0 Å². The van der Waals surface area contributed by atoms with Crippen molar-refractivity contribution in [3.05, 3.63) is 23.3 Å². The summed E-state index contributed by atoms with van der Waals surface area (Å²) in [5.41, 5.74) is 10.9. The molecule has 0 unspecified atom stereocenters. The SMILES string of the molecule is Cc1cc(N)c2c(c1)CCCCN2C. The quantitative estimate of drug-likeness (QED) is 0.636. The summed E-state index contributed by atoms with van der Waals surface area (Å²) in [6, 6.07) is 4.34. The average molecular weight is 190 g/mol. The minimum Gasteiger partial charge on any atom is -0.397 e. The maximum absolute atomic E-state index is 6.06. The summed E-state index contributed by atoms with van der Waals surface area (Å²) in [5.74, 6) is 0. The Morgan fingerprint density at radius 3 is 2.86 bits per heavy atom.